The van der Waals surface area contributed by atoms with E-state index in [9.17, 15) is 0 Å². The second kappa shape index (κ2) is 6.34. The highest BCUT2D eigenvalue weighted by atomic mass is 35.5. The van der Waals surface area contributed by atoms with Crippen LogP contribution in [-0.2, 0) is 0 Å². The van der Waals surface area contributed by atoms with Gasteiger partial charge in [-0.3, -0.25) is 0 Å². The van der Waals surface area contributed by atoms with Crippen molar-refractivity contribution in [3.8, 4) is 0 Å². The number of thiophene rings is 1. The van der Waals surface area contributed by atoms with Crippen molar-refractivity contribution in [2.45, 2.75) is 25.8 Å². The molecule has 3 rings (SSSR count). The summed E-state index contributed by atoms with van der Waals surface area (Å²) in [7, 11) is 0. The molecule has 2 aromatic heterocycles. The van der Waals surface area contributed by atoms with E-state index in [2.05, 4.69) is 25.2 Å². The molecule has 3 heterocycles. The van der Waals surface area contributed by atoms with Crippen molar-refractivity contribution in [2.24, 2.45) is 0 Å². The Morgan fingerprint density at radius 1 is 1.19 bits per heavy atom. The predicted octanol–water partition coefficient (Wildman–Crippen LogP) is 4.01. The molecule has 8 heteroatoms. The van der Waals surface area contributed by atoms with Crippen molar-refractivity contribution in [3.05, 3.63) is 26.6 Å². The molecule has 0 spiro atoms. The van der Waals surface area contributed by atoms with Crippen LogP contribution in [0.2, 0.25) is 9.62 Å². The normalized spacial score (nSPS) is 16.2. The molecule has 0 bridgehead atoms. The molecule has 1 aliphatic heterocycles. The van der Waals surface area contributed by atoms with E-state index in [0.29, 0.717) is 11.9 Å². The van der Waals surface area contributed by atoms with Gasteiger partial charge in [0.25, 0.3) is 0 Å². The first-order valence-corrected chi connectivity index (χ1v) is 8.37. The zero-order valence-corrected chi connectivity index (χ0v) is 13.8. The van der Waals surface area contributed by atoms with E-state index >= 15 is 0 Å². The van der Waals surface area contributed by atoms with Crippen LogP contribution in [0.5, 0.6) is 0 Å². The van der Waals surface area contributed by atoms with Gasteiger partial charge in [0.05, 0.1) is 10.4 Å². The van der Waals surface area contributed by atoms with E-state index in [0.717, 1.165) is 35.1 Å². The van der Waals surface area contributed by atoms with E-state index in [1.165, 1.54) is 11.3 Å². The third-order valence-electron chi connectivity index (χ3n) is 3.35. The molecule has 1 unspecified atom stereocenters. The van der Waals surface area contributed by atoms with Crippen molar-refractivity contribution < 1.29 is 0 Å². The average molecular weight is 344 g/mol. The Bertz CT molecular complexity index is 627. The van der Waals surface area contributed by atoms with Gasteiger partial charge in [-0.25, -0.2) is 0 Å². The number of nitrogens with one attached hydrogen (secondary N) is 1. The van der Waals surface area contributed by atoms with Crippen molar-refractivity contribution >= 4 is 46.4 Å². The van der Waals surface area contributed by atoms with Crippen molar-refractivity contribution in [2.75, 3.05) is 23.3 Å². The topological polar surface area (TPSA) is 53.9 Å². The summed E-state index contributed by atoms with van der Waals surface area (Å²) >= 11 is 13.5. The number of rotatable bonds is 4. The standard InChI is InChI=1S/C13H15Cl2N5S/c1-8(9-4-5-10(14)21-9)16-12-17-11(15)18-13(19-12)20-6-2-3-7-20/h4-5,8H,2-3,6-7H2,1H3,(H,16,17,18,19). The monoisotopic (exact) mass is 343 g/mol. The van der Waals surface area contributed by atoms with Crippen LogP contribution < -0.4 is 10.2 Å². The minimum Gasteiger partial charge on any atom is -0.347 e. The minimum absolute atomic E-state index is 0.0624. The summed E-state index contributed by atoms with van der Waals surface area (Å²) in [6.45, 7) is 3.97. The Hall–Kier alpha value is -1.11. The average Bonchev–Trinajstić information content (AvgIpc) is 3.08. The number of halogens is 2. The van der Waals surface area contributed by atoms with E-state index in [-0.39, 0.29) is 11.3 Å². The first-order chi connectivity index (χ1) is 10.1. The molecular formula is C13H15Cl2N5S. The van der Waals surface area contributed by atoms with Crippen LogP contribution in [0.3, 0.4) is 0 Å². The van der Waals surface area contributed by atoms with Gasteiger partial charge >= 0.3 is 0 Å². The maximum Gasteiger partial charge on any atom is 0.231 e. The Morgan fingerprint density at radius 3 is 2.62 bits per heavy atom. The zero-order valence-electron chi connectivity index (χ0n) is 11.5. The fraction of sp³-hybridized carbons (Fsp3) is 0.462. The highest BCUT2D eigenvalue weighted by Gasteiger charge is 2.18. The molecule has 1 aliphatic rings. The van der Waals surface area contributed by atoms with Crippen LogP contribution in [-0.4, -0.2) is 28.0 Å². The van der Waals surface area contributed by atoms with Crippen LogP contribution in [0.25, 0.3) is 0 Å². The number of hydrogen-bond donors (Lipinski definition) is 1. The molecule has 0 aliphatic carbocycles. The van der Waals surface area contributed by atoms with Crippen molar-refractivity contribution in [1.29, 1.82) is 0 Å². The van der Waals surface area contributed by atoms with Crippen LogP contribution >= 0.6 is 34.5 Å². The predicted molar refractivity (Wildman–Crippen MR) is 87.7 cm³/mol. The maximum absolute atomic E-state index is 6.01. The molecule has 0 aromatic carbocycles. The van der Waals surface area contributed by atoms with Gasteiger partial charge in [-0.2, -0.15) is 15.0 Å². The van der Waals surface area contributed by atoms with Gasteiger partial charge in [-0.05, 0) is 43.5 Å². The molecule has 1 N–H and O–H groups in total. The lowest BCUT2D eigenvalue weighted by molar-refractivity contribution is 0.844. The smallest absolute Gasteiger partial charge is 0.231 e. The fourth-order valence-electron chi connectivity index (χ4n) is 2.29. The van der Waals surface area contributed by atoms with E-state index in [1.54, 1.807) is 0 Å². The molecule has 0 amide bonds. The molecule has 0 radical (unpaired) electrons. The molecule has 112 valence electrons. The second-order valence-electron chi connectivity index (χ2n) is 4.93. The summed E-state index contributed by atoms with van der Waals surface area (Å²) in [5, 5.41) is 3.47. The summed E-state index contributed by atoms with van der Waals surface area (Å²) in [6, 6.07) is 3.94. The van der Waals surface area contributed by atoms with Gasteiger partial charge in [0.2, 0.25) is 17.2 Å². The van der Waals surface area contributed by atoms with Crippen molar-refractivity contribution in [1.82, 2.24) is 15.0 Å². The molecule has 5 nitrogen and oxygen atoms in total. The van der Waals surface area contributed by atoms with Gasteiger partial charge in [-0.15, -0.1) is 11.3 Å². The Kier molecular flexibility index (Phi) is 4.47. The van der Waals surface area contributed by atoms with Gasteiger partial charge in [0.1, 0.15) is 0 Å². The third-order valence-corrected chi connectivity index (χ3v) is 4.93. The van der Waals surface area contributed by atoms with Gasteiger partial charge in [0, 0.05) is 18.0 Å². The largest absolute Gasteiger partial charge is 0.347 e. The summed E-state index contributed by atoms with van der Waals surface area (Å²) in [5.41, 5.74) is 0. The first-order valence-electron chi connectivity index (χ1n) is 6.80. The van der Waals surface area contributed by atoms with E-state index < -0.39 is 0 Å². The van der Waals surface area contributed by atoms with Crippen LogP contribution in [0, 0.1) is 0 Å². The first kappa shape index (κ1) is 14.8. The summed E-state index contributed by atoms with van der Waals surface area (Å²) in [6.07, 6.45) is 2.33. The molecule has 1 saturated heterocycles. The molecule has 2 aromatic rings. The summed E-state index contributed by atoms with van der Waals surface area (Å²) < 4.78 is 0.769. The third kappa shape index (κ3) is 3.56. The Balaban J connectivity index is 1.78. The van der Waals surface area contributed by atoms with E-state index in [4.69, 9.17) is 23.2 Å². The maximum atomic E-state index is 6.01. The highest BCUT2D eigenvalue weighted by Crippen LogP contribution is 2.28. The number of aromatic nitrogens is 3. The highest BCUT2D eigenvalue weighted by molar-refractivity contribution is 7.16. The number of anilines is 2. The van der Waals surface area contributed by atoms with Crippen LogP contribution in [0.1, 0.15) is 30.7 Å². The zero-order chi connectivity index (χ0) is 14.8. The van der Waals surface area contributed by atoms with Gasteiger partial charge in [-0.1, -0.05) is 11.6 Å². The Morgan fingerprint density at radius 2 is 1.95 bits per heavy atom. The number of hydrogen-bond acceptors (Lipinski definition) is 6. The molecule has 1 atom stereocenters. The molecule has 1 fully saturated rings. The van der Waals surface area contributed by atoms with Crippen molar-refractivity contribution in [3.63, 3.8) is 0 Å². The lowest BCUT2D eigenvalue weighted by atomic mass is 10.3. The molecular weight excluding hydrogens is 329 g/mol. The molecule has 0 saturated carbocycles. The quantitative estimate of drug-likeness (QED) is 0.908. The lowest BCUT2D eigenvalue weighted by Crippen LogP contribution is -2.21. The van der Waals surface area contributed by atoms with E-state index in [1.807, 2.05) is 19.1 Å². The SMILES string of the molecule is CC(Nc1nc(Cl)nc(N2CCCC2)n1)c1ccc(Cl)s1. The minimum atomic E-state index is 0.0624. The second-order valence-corrected chi connectivity index (χ2v) is 7.01. The van der Waals surface area contributed by atoms with Gasteiger partial charge < -0.3 is 10.2 Å². The summed E-state index contributed by atoms with van der Waals surface area (Å²) in [4.78, 5) is 16.1. The van der Waals surface area contributed by atoms with Gasteiger partial charge in [0.15, 0.2) is 0 Å². The molecule has 21 heavy (non-hydrogen) atoms. The Labute approximate surface area is 137 Å². The lowest BCUT2D eigenvalue weighted by Gasteiger charge is -2.17. The summed E-state index contributed by atoms with van der Waals surface area (Å²) in [5.74, 6) is 1.14. The number of nitrogens with zero attached hydrogens (tertiary/aromatic N) is 4. The fourth-order valence-corrected chi connectivity index (χ4v) is 3.51. The van der Waals surface area contributed by atoms with Crippen LogP contribution in [0.4, 0.5) is 11.9 Å². The van der Waals surface area contributed by atoms with Crippen LogP contribution in [0.15, 0.2) is 12.1 Å².